The van der Waals surface area contributed by atoms with Gasteiger partial charge in [-0.15, -0.1) is 0 Å². The van der Waals surface area contributed by atoms with E-state index >= 15 is 0 Å². The van der Waals surface area contributed by atoms with E-state index in [0.717, 1.165) is 38.5 Å². The molecule has 0 radical (unpaired) electrons. The van der Waals surface area contributed by atoms with Crippen LogP contribution in [0.2, 0.25) is 0 Å². The molecule has 2 rings (SSSR count). The normalized spacial score (nSPS) is 11.7. The van der Waals surface area contributed by atoms with E-state index in [0.29, 0.717) is 0 Å². The molecular formula is C19H28N2. The van der Waals surface area contributed by atoms with Gasteiger partial charge < -0.3 is 10.2 Å². The van der Waals surface area contributed by atoms with Crippen LogP contribution in [0.1, 0.15) is 19.4 Å². The minimum atomic E-state index is 0.728. The Morgan fingerprint density at radius 2 is 1.76 bits per heavy atom. The van der Waals surface area contributed by atoms with Crippen molar-refractivity contribution < 1.29 is 0 Å². The minimum absolute atomic E-state index is 0.728. The first-order valence-corrected chi connectivity index (χ1v) is 8.02. The molecule has 21 heavy (non-hydrogen) atoms. The smallest absolute Gasteiger partial charge is 0.0104 e. The van der Waals surface area contributed by atoms with Gasteiger partial charge in [0.2, 0.25) is 0 Å². The maximum atomic E-state index is 3.50. The number of nitrogens with zero attached hydrogens (tertiary/aromatic N) is 1. The molecule has 2 aromatic rings. The van der Waals surface area contributed by atoms with Gasteiger partial charge in [-0.25, -0.2) is 0 Å². The molecule has 0 aliphatic heterocycles. The Hall–Kier alpha value is -1.38. The summed E-state index contributed by atoms with van der Waals surface area (Å²) in [4.78, 5) is 2.41. The summed E-state index contributed by atoms with van der Waals surface area (Å²) >= 11 is 0. The van der Waals surface area contributed by atoms with Crippen LogP contribution in [0.4, 0.5) is 0 Å². The molecule has 0 spiro atoms. The molecule has 1 N–H and O–H groups in total. The van der Waals surface area contributed by atoms with Crippen molar-refractivity contribution in [2.75, 3.05) is 33.2 Å². The highest BCUT2D eigenvalue weighted by Crippen LogP contribution is 2.18. The summed E-state index contributed by atoms with van der Waals surface area (Å²) in [5, 5.41) is 6.24. The van der Waals surface area contributed by atoms with Crippen LogP contribution in [0.5, 0.6) is 0 Å². The van der Waals surface area contributed by atoms with Crippen LogP contribution in [0, 0.1) is 5.92 Å². The monoisotopic (exact) mass is 284 g/mol. The van der Waals surface area contributed by atoms with Gasteiger partial charge in [0.25, 0.3) is 0 Å². The van der Waals surface area contributed by atoms with E-state index in [2.05, 4.69) is 73.6 Å². The molecular weight excluding hydrogens is 256 g/mol. The van der Waals surface area contributed by atoms with Crippen LogP contribution in [-0.2, 0) is 6.42 Å². The molecule has 114 valence electrons. The quantitative estimate of drug-likeness (QED) is 0.746. The third-order valence-corrected chi connectivity index (χ3v) is 3.87. The van der Waals surface area contributed by atoms with Crippen molar-refractivity contribution >= 4 is 10.8 Å². The first-order valence-electron chi connectivity index (χ1n) is 8.02. The number of nitrogens with one attached hydrogen (secondary N) is 1. The molecule has 0 heterocycles. The second-order valence-electron chi connectivity index (χ2n) is 6.29. The van der Waals surface area contributed by atoms with E-state index in [1.54, 1.807) is 0 Å². The van der Waals surface area contributed by atoms with E-state index in [9.17, 15) is 0 Å². The fourth-order valence-electron chi connectivity index (χ4n) is 2.59. The Bertz CT molecular complexity index is 543. The number of benzene rings is 2. The summed E-state index contributed by atoms with van der Waals surface area (Å²) in [6.07, 6.45) is 1.11. The van der Waals surface area contributed by atoms with E-state index in [4.69, 9.17) is 0 Å². The zero-order chi connectivity index (χ0) is 15.1. The molecule has 0 aromatic heterocycles. The highest BCUT2D eigenvalue weighted by Gasteiger charge is 2.03. The lowest BCUT2D eigenvalue weighted by atomic mass is 10.0. The van der Waals surface area contributed by atoms with Gasteiger partial charge in [0, 0.05) is 19.6 Å². The zero-order valence-corrected chi connectivity index (χ0v) is 13.6. The van der Waals surface area contributed by atoms with Gasteiger partial charge in [-0.3, -0.25) is 0 Å². The topological polar surface area (TPSA) is 15.3 Å². The third kappa shape index (κ3) is 5.14. The van der Waals surface area contributed by atoms with Crippen molar-refractivity contribution in [3.63, 3.8) is 0 Å². The Morgan fingerprint density at radius 1 is 1.00 bits per heavy atom. The van der Waals surface area contributed by atoms with Crippen molar-refractivity contribution in [2.45, 2.75) is 20.3 Å². The second kappa shape index (κ2) is 8.16. The van der Waals surface area contributed by atoms with E-state index < -0.39 is 0 Å². The molecule has 2 heteroatoms. The van der Waals surface area contributed by atoms with Crippen molar-refractivity contribution in [3.8, 4) is 0 Å². The predicted molar refractivity (Wildman–Crippen MR) is 92.9 cm³/mol. The van der Waals surface area contributed by atoms with Crippen LogP contribution in [-0.4, -0.2) is 38.1 Å². The Balaban J connectivity index is 1.81. The fraction of sp³-hybridized carbons (Fsp3) is 0.474. The Morgan fingerprint density at radius 3 is 2.57 bits per heavy atom. The fourth-order valence-corrected chi connectivity index (χ4v) is 2.59. The Kier molecular flexibility index (Phi) is 6.21. The molecule has 0 fully saturated rings. The van der Waals surface area contributed by atoms with Crippen LogP contribution < -0.4 is 5.32 Å². The summed E-state index contributed by atoms with van der Waals surface area (Å²) in [6.45, 7) is 8.89. The predicted octanol–water partition coefficient (Wildman–Crippen LogP) is 3.56. The summed E-state index contributed by atoms with van der Waals surface area (Å²) in [5.74, 6) is 0.728. The maximum Gasteiger partial charge on any atom is 0.0104 e. The second-order valence-corrected chi connectivity index (χ2v) is 6.29. The zero-order valence-electron chi connectivity index (χ0n) is 13.6. The van der Waals surface area contributed by atoms with Gasteiger partial charge in [-0.2, -0.15) is 0 Å². The van der Waals surface area contributed by atoms with Gasteiger partial charge in [-0.05, 0) is 42.3 Å². The van der Waals surface area contributed by atoms with E-state index in [1.165, 1.54) is 16.3 Å². The van der Waals surface area contributed by atoms with Crippen LogP contribution in [0.25, 0.3) is 10.8 Å². The lowest BCUT2D eigenvalue weighted by molar-refractivity contribution is 0.333. The summed E-state index contributed by atoms with van der Waals surface area (Å²) in [7, 11) is 2.21. The molecule has 0 unspecified atom stereocenters. The molecule has 2 nitrogen and oxygen atoms in total. The SMILES string of the molecule is CC(C)CNCCN(C)CCc1cccc2ccccc12. The van der Waals surface area contributed by atoms with Gasteiger partial charge in [-0.1, -0.05) is 56.3 Å². The number of hydrogen-bond acceptors (Lipinski definition) is 2. The van der Waals surface area contributed by atoms with Crippen molar-refractivity contribution in [2.24, 2.45) is 5.92 Å². The van der Waals surface area contributed by atoms with Gasteiger partial charge in [0.1, 0.15) is 0 Å². The largest absolute Gasteiger partial charge is 0.315 e. The average molecular weight is 284 g/mol. The van der Waals surface area contributed by atoms with Crippen LogP contribution >= 0.6 is 0 Å². The molecule has 2 aromatic carbocycles. The Labute approximate surface area is 129 Å². The summed E-state index contributed by atoms with van der Waals surface area (Å²) in [5.41, 5.74) is 1.45. The molecule has 0 amide bonds. The number of hydrogen-bond donors (Lipinski definition) is 1. The van der Waals surface area contributed by atoms with E-state index in [-0.39, 0.29) is 0 Å². The molecule has 0 aliphatic carbocycles. The van der Waals surface area contributed by atoms with Gasteiger partial charge >= 0.3 is 0 Å². The summed E-state index contributed by atoms with van der Waals surface area (Å²) < 4.78 is 0. The molecule has 0 saturated carbocycles. The van der Waals surface area contributed by atoms with Crippen molar-refractivity contribution in [1.82, 2.24) is 10.2 Å². The highest BCUT2D eigenvalue weighted by atomic mass is 15.1. The van der Waals surface area contributed by atoms with Crippen molar-refractivity contribution in [1.29, 1.82) is 0 Å². The van der Waals surface area contributed by atoms with Gasteiger partial charge in [0.05, 0.1) is 0 Å². The number of rotatable bonds is 8. The first-order chi connectivity index (χ1) is 10.2. The first kappa shape index (κ1) is 16.0. The van der Waals surface area contributed by atoms with E-state index in [1.807, 2.05) is 0 Å². The highest BCUT2D eigenvalue weighted by molar-refractivity contribution is 5.85. The maximum absolute atomic E-state index is 3.50. The molecule has 0 atom stereocenters. The summed E-state index contributed by atoms with van der Waals surface area (Å²) in [6, 6.07) is 15.3. The molecule has 0 aliphatic rings. The molecule has 0 saturated heterocycles. The number of likely N-dealkylation sites (N-methyl/N-ethyl adjacent to an activating group) is 1. The van der Waals surface area contributed by atoms with Crippen LogP contribution in [0.3, 0.4) is 0 Å². The lowest BCUT2D eigenvalue weighted by Crippen LogP contribution is -2.32. The van der Waals surface area contributed by atoms with Crippen LogP contribution in [0.15, 0.2) is 42.5 Å². The average Bonchev–Trinajstić information content (AvgIpc) is 2.49. The standard InChI is InChI=1S/C19H28N2/c1-16(2)15-20-12-14-21(3)13-11-18-9-6-8-17-7-4-5-10-19(17)18/h4-10,16,20H,11-15H2,1-3H3. The number of fused-ring (bicyclic) bond motifs is 1. The minimum Gasteiger partial charge on any atom is -0.315 e. The van der Waals surface area contributed by atoms with Gasteiger partial charge in [0.15, 0.2) is 0 Å². The third-order valence-electron chi connectivity index (χ3n) is 3.87. The molecule has 0 bridgehead atoms. The van der Waals surface area contributed by atoms with Crippen molar-refractivity contribution in [3.05, 3.63) is 48.0 Å². The lowest BCUT2D eigenvalue weighted by Gasteiger charge is -2.18.